The molecule has 17 heavy (non-hydrogen) atoms. The number of imide groups is 1. The van der Waals surface area contributed by atoms with Crippen molar-refractivity contribution < 1.29 is 9.59 Å². The Labute approximate surface area is 101 Å². The van der Waals surface area contributed by atoms with E-state index in [4.69, 9.17) is 5.26 Å². The van der Waals surface area contributed by atoms with Gasteiger partial charge in [-0.05, 0) is 18.8 Å². The van der Waals surface area contributed by atoms with Crippen molar-refractivity contribution in [3.05, 3.63) is 0 Å². The summed E-state index contributed by atoms with van der Waals surface area (Å²) in [7, 11) is 0. The number of urea groups is 1. The summed E-state index contributed by atoms with van der Waals surface area (Å²) < 4.78 is 0. The van der Waals surface area contributed by atoms with Gasteiger partial charge in [-0.2, -0.15) is 5.26 Å². The maximum atomic E-state index is 11.6. The third-order valence-corrected chi connectivity index (χ3v) is 3.47. The van der Waals surface area contributed by atoms with Crippen LogP contribution < -0.4 is 5.32 Å². The first-order valence-electron chi connectivity index (χ1n) is 6.21. The van der Waals surface area contributed by atoms with Gasteiger partial charge in [0, 0.05) is 6.42 Å². The Morgan fingerprint density at radius 2 is 2.00 bits per heavy atom. The third-order valence-electron chi connectivity index (χ3n) is 3.47. The summed E-state index contributed by atoms with van der Waals surface area (Å²) in [6.07, 6.45) is 6.26. The fourth-order valence-electron chi connectivity index (χ4n) is 2.37. The minimum absolute atomic E-state index is 0.203. The number of carbonyl (C=O) groups excluding carboxylic acids is 2. The first-order chi connectivity index (χ1) is 8.20. The van der Waals surface area contributed by atoms with Crippen molar-refractivity contribution in [3.8, 4) is 6.07 Å². The van der Waals surface area contributed by atoms with Crippen LogP contribution in [0.3, 0.4) is 0 Å². The van der Waals surface area contributed by atoms with Crippen molar-refractivity contribution in [1.82, 2.24) is 10.2 Å². The van der Waals surface area contributed by atoms with Gasteiger partial charge in [-0.15, -0.1) is 0 Å². The van der Waals surface area contributed by atoms with Crippen molar-refractivity contribution in [2.75, 3.05) is 6.54 Å². The highest BCUT2D eigenvalue weighted by molar-refractivity contribution is 5.95. The smallest absolute Gasteiger partial charge is 0.303 e. The van der Waals surface area contributed by atoms with Crippen LogP contribution in [0, 0.1) is 17.2 Å². The van der Waals surface area contributed by atoms with E-state index in [2.05, 4.69) is 5.32 Å². The van der Waals surface area contributed by atoms with Crippen LogP contribution in [0.15, 0.2) is 0 Å². The second-order valence-corrected chi connectivity index (χ2v) is 4.86. The molecule has 0 aromatic heterocycles. The molecule has 1 saturated carbocycles. The minimum Gasteiger partial charge on any atom is -0.303 e. The largest absolute Gasteiger partial charge is 0.325 e. The van der Waals surface area contributed by atoms with E-state index < -0.39 is 6.03 Å². The standard InChI is InChI=1S/C12H17N3O2/c13-7-10-8-15(10)12(17)14-11(16)6-9-4-2-1-3-5-9/h9-10H,1-6,8H2,(H,14,16,17). The average Bonchev–Trinajstić information content (AvgIpc) is 3.09. The van der Waals surface area contributed by atoms with E-state index in [-0.39, 0.29) is 11.9 Å². The molecule has 0 aromatic rings. The fraction of sp³-hybridized carbons (Fsp3) is 0.750. The molecule has 5 nitrogen and oxygen atoms in total. The van der Waals surface area contributed by atoms with Crippen molar-refractivity contribution in [1.29, 1.82) is 5.26 Å². The number of amides is 3. The van der Waals surface area contributed by atoms with E-state index in [0.717, 1.165) is 12.8 Å². The predicted molar refractivity (Wildman–Crippen MR) is 60.8 cm³/mol. The molecule has 2 aliphatic rings. The molecule has 1 unspecified atom stereocenters. The van der Waals surface area contributed by atoms with Gasteiger partial charge in [-0.25, -0.2) is 4.79 Å². The number of hydrogen-bond acceptors (Lipinski definition) is 3. The zero-order chi connectivity index (χ0) is 12.3. The summed E-state index contributed by atoms with van der Waals surface area (Å²) in [6.45, 7) is 0.443. The third kappa shape index (κ3) is 3.19. The molecule has 3 amide bonds. The van der Waals surface area contributed by atoms with E-state index >= 15 is 0 Å². The van der Waals surface area contributed by atoms with Gasteiger partial charge >= 0.3 is 6.03 Å². The Balaban J connectivity index is 1.70. The van der Waals surface area contributed by atoms with Gasteiger partial charge in [0.2, 0.25) is 5.91 Å². The molecule has 0 bridgehead atoms. The summed E-state index contributed by atoms with van der Waals surface area (Å²) in [5.74, 6) is 0.225. The highest BCUT2D eigenvalue weighted by atomic mass is 16.2. The second-order valence-electron chi connectivity index (χ2n) is 4.86. The quantitative estimate of drug-likeness (QED) is 0.735. The summed E-state index contributed by atoms with van der Waals surface area (Å²) >= 11 is 0. The first kappa shape index (κ1) is 11.9. The topological polar surface area (TPSA) is 73.0 Å². The maximum absolute atomic E-state index is 11.6. The van der Waals surface area contributed by atoms with Crippen LogP contribution >= 0.6 is 0 Å². The zero-order valence-electron chi connectivity index (χ0n) is 9.82. The average molecular weight is 235 g/mol. The molecule has 2 fully saturated rings. The number of hydrogen-bond donors (Lipinski definition) is 1. The highest BCUT2D eigenvalue weighted by Crippen LogP contribution is 2.26. The second kappa shape index (κ2) is 5.17. The van der Waals surface area contributed by atoms with Crippen LogP contribution in [0.5, 0.6) is 0 Å². The van der Waals surface area contributed by atoms with E-state index in [1.165, 1.54) is 24.2 Å². The van der Waals surface area contributed by atoms with E-state index in [1.807, 2.05) is 6.07 Å². The van der Waals surface area contributed by atoms with Crippen molar-refractivity contribution in [3.63, 3.8) is 0 Å². The van der Waals surface area contributed by atoms with Gasteiger partial charge in [0.1, 0.15) is 6.04 Å². The molecule has 1 N–H and O–H groups in total. The van der Waals surface area contributed by atoms with Gasteiger partial charge in [-0.1, -0.05) is 19.3 Å². The zero-order valence-corrected chi connectivity index (χ0v) is 9.82. The highest BCUT2D eigenvalue weighted by Gasteiger charge is 2.39. The summed E-state index contributed by atoms with van der Waals surface area (Å²) in [4.78, 5) is 24.4. The van der Waals surface area contributed by atoms with Gasteiger partial charge < -0.3 is 4.90 Å². The van der Waals surface area contributed by atoms with Crippen LogP contribution in [-0.4, -0.2) is 29.4 Å². The van der Waals surface area contributed by atoms with Crippen LogP contribution in [0.25, 0.3) is 0 Å². The number of nitrogens with zero attached hydrogens (tertiary/aromatic N) is 2. The first-order valence-corrected chi connectivity index (χ1v) is 6.21. The monoisotopic (exact) mass is 235 g/mol. The van der Waals surface area contributed by atoms with Gasteiger partial charge in [0.15, 0.2) is 0 Å². The number of nitrogens with one attached hydrogen (secondary N) is 1. The summed E-state index contributed by atoms with van der Waals surface area (Å²) in [5, 5.41) is 10.9. The van der Waals surface area contributed by atoms with Crippen molar-refractivity contribution >= 4 is 11.9 Å². The Hall–Kier alpha value is -1.57. The molecule has 92 valence electrons. The van der Waals surface area contributed by atoms with Crippen molar-refractivity contribution in [2.45, 2.75) is 44.6 Å². The summed E-state index contributed by atoms with van der Waals surface area (Å²) in [5.41, 5.74) is 0. The van der Waals surface area contributed by atoms with Gasteiger partial charge in [-0.3, -0.25) is 10.1 Å². The van der Waals surface area contributed by atoms with Crippen LogP contribution in [0.4, 0.5) is 4.79 Å². The number of rotatable bonds is 2. The Morgan fingerprint density at radius 3 is 2.59 bits per heavy atom. The molecule has 0 aromatic carbocycles. The Bertz CT molecular complexity index is 355. The Kier molecular flexibility index (Phi) is 3.62. The molecular formula is C12H17N3O2. The van der Waals surface area contributed by atoms with Crippen LogP contribution in [-0.2, 0) is 4.79 Å². The molecule has 0 radical (unpaired) electrons. The van der Waals surface area contributed by atoms with Crippen LogP contribution in [0.1, 0.15) is 38.5 Å². The SMILES string of the molecule is N#CC1CN1C(=O)NC(=O)CC1CCCCC1. The lowest BCUT2D eigenvalue weighted by Crippen LogP contribution is -2.36. The number of nitriles is 1. The normalized spacial score (nSPS) is 23.9. The molecule has 1 saturated heterocycles. The summed E-state index contributed by atoms with van der Waals surface area (Å²) in [6, 6.07) is 1.22. The van der Waals surface area contributed by atoms with Gasteiger partial charge in [0.25, 0.3) is 0 Å². The fourth-order valence-corrected chi connectivity index (χ4v) is 2.37. The Morgan fingerprint density at radius 1 is 1.29 bits per heavy atom. The molecule has 0 spiro atoms. The molecule has 1 atom stereocenters. The van der Waals surface area contributed by atoms with Gasteiger partial charge in [0.05, 0.1) is 12.6 Å². The molecule has 5 heteroatoms. The molecule has 1 aliphatic carbocycles. The van der Waals surface area contributed by atoms with Crippen LogP contribution in [0.2, 0.25) is 0 Å². The van der Waals surface area contributed by atoms with E-state index in [9.17, 15) is 9.59 Å². The lowest BCUT2D eigenvalue weighted by molar-refractivity contribution is -0.121. The number of carbonyl (C=O) groups is 2. The van der Waals surface area contributed by atoms with Crippen molar-refractivity contribution in [2.24, 2.45) is 5.92 Å². The predicted octanol–water partition coefficient (Wildman–Crippen LogP) is 1.40. The molecular weight excluding hydrogens is 218 g/mol. The van der Waals surface area contributed by atoms with E-state index in [0.29, 0.717) is 18.9 Å². The lowest BCUT2D eigenvalue weighted by atomic mass is 9.87. The van der Waals surface area contributed by atoms with E-state index in [1.54, 1.807) is 0 Å². The molecule has 2 rings (SSSR count). The molecule has 1 heterocycles. The maximum Gasteiger partial charge on any atom is 0.325 e. The lowest BCUT2D eigenvalue weighted by Gasteiger charge is -2.20. The molecule has 1 aliphatic heterocycles. The minimum atomic E-state index is -0.419.